The molecule has 33 heteroatoms. The number of aliphatic hydroxyl groups excluding tert-OH is 4. The zero-order valence-corrected chi connectivity index (χ0v) is 48.5. The number of hydrogen-bond acceptors (Lipinski definition) is 8. The SMILES string of the molecule is CCCCCCCCCCCCCCCCOc1cc(-c2ccc(OCC(O)CO)cc2)c(OCCCCCCC(F)(F)C(F)(F)C(F)(F)C(F)(F)C(F)(F)C(F)(F)C(F)(F)C(F)(F)C(F)(F)C(F)(F)C(F)(F)C(F)(F)F)cc1-c1ccc(OCC(O)CO)cc1. The van der Waals surface area contributed by atoms with Crippen molar-refractivity contribution in [1.82, 2.24) is 0 Å². The van der Waals surface area contributed by atoms with Gasteiger partial charge in [0.2, 0.25) is 0 Å². The maximum absolute atomic E-state index is 14.8. The summed E-state index contributed by atoms with van der Waals surface area (Å²) < 4.78 is 373. The lowest BCUT2D eigenvalue weighted by atomic mass is 9.84. The molecule has 2 atom stereocenters. The topological polar surface area (TPSA) is 118 Å². The number of halogens is 25. The second-order valence-corrected chi connectivity index (χ2v) is 21.6. The van der Waals surface area contributed by atoms with Crippen molar-refractivity contribution < 1.29 is 149 Å². The largest absolute Gasteiger partial charge is 0.493 e. The van der Waals surface area contributed by atoms with Crippen molar-refractivity contribution >= 4 is 0 Å². The molecule has 0 radical (unpaired) electrons. The first-order valence-corrected chi connectivity index (χ1v) is 28.6. The van der Waals surface area contributed by atoms with Crippen molar-refractivity contribution in [2.75, 3.05) is 39.6 Å². The molecule has 0 aromatic heterocycles. The molecule has 2 unspecified atom stereocenters. The van der Waals surface area contributed by atoms with Crippen LogP contribution in [0, 0.1) is 0 Å². The fourth-order valence-electron chi connectivity index (χ4n) is 8.81. The van der Waals surface area contributed by atoms with Crippen LogP contribution in [-0.4, -0.2) is 144 Å². The Morgan fingerprint density at radius 1 is 0.330 bits per heavy atom. The van der Waals surface area contributed by atoms with Crippen LogP contribution in [-0.2, 0) is 0 Å². The fraction of sp³-hybridized carbons (Fsp3) is 0.690. The van der Waals surface area contributed by atoms with Crippen LogP contribution in [0.25, 0.3) is 22.3 Å². The highest BCUT2D eigenvalue weighted by Crippen LogP contribution is 2.68. The molecule has 0 aliphatic rings. The van der Waals surface area contributed by atoms with Gasteiger partial charge >= 0.3 is 71.3 Å². The van der Waals surface area contributed by atoms with Gasteiger partial charge in [-0.15, -0.1) is 0 Å². The minimum atomic E-state index is -9.66. The minimum absolute atomic E-state index is 0.0439. The van der Waals surface area contributed by atoms with Gasteiger partial charge in [-0.3, -0.25) is 0 Å². The maximum atomic E-state index is 14.8. The van der Waals surface area contributed by atoms with Crippen LogP contribution in [0.15, 0.2) is 60.7 Å². The number of ether oxygens (including phenoxy) is 4. The van der Waals surface area contributed by atoms with Gasteiger partial charge in [-0.25, -0.2) is 0 Å². The van der Waals surface area contributed by atoms with Crippen LogP contribution in [0.2, 0.25) is 0 Å². The van der Waals surface area contributed by atoms with E-state index < -0.39 is 129 Å². The van der Waals surface area contributed by atoms with Crippen molar-refractivity contribution in [1.29, 1.82) is 0 Å². The second kappa shape index (κ2) is 32.4. The Hall–Kier alpha value is -5.05. The Morgan fingerprint density at radius 3 is 0.879 bits per heavy atom. The van der Waals surface area contributed by atoms with Gasteiger partial charge < -0.3 is 39.4 Å². The molecule has 3 aromatic rings. The summed E-state index contributed by atoms with van der Waals surface area (Å²) in [6, 6.07) is 15.3. The fourth-order valence-corrected chi connectivity index (χ4v) is 8.81. The van der Waals surface area contributed by atoms with E-state index in [1.807, 2.05) is 0 Å². The third-order valence-corrected chi connectivity index (χ3v) is 14.5. The van der Waals surface area contributed by atoms with E-state index >= 15 is 0 Å². The molecule has 0 heterocycles. The number of hydrogen-bond donors (Lipinski definition) is 4. The number of unbranched alkanes of at least 4 members (excludes halogenated alkanes) is 16. The smallest absolute Gasteiger partial charge is 0.460 e. The molecule has 0 fully saturated rings. The van der Waals surface area contributed by atoms with Crippen molar-refractivity contribution in [3.63, 3.8) is 0 Å². The maximum Gasteiger partial charge on any atom is 0.460 e. The van der Waals surface area contributed by atoms with Gasteiger partial charge in [-0.2, -0.15) is 110 Å². The number of rotatable bonds is 44. The van der Waals surface area contributed by atoms with Gasteiger partial charge in [-0.05, 0) is 66.8 Å². The van der Waals surface area contributed by atoms with Gasteiger partial charge in [-0.1, -0.05) is 128 Å². The van der Waals surface area contributed by atoms with E-state index in [1.165, 1.54) is 87.4 Å². The normalized spacial score (nSPS) is 14.6. The van der Waals surface area contributed by atoms with Gasteiger partial charge in [0.15, 0.2) is 0 Å². The molecule has 0 aliphatic carbocycles. The average molecular weight is 1370 g/mol. The van der Waals surface area contributed by atoms with E-state index in [0.717, 1.165) is 38.5 Å². The van der Waals surface area contributed by atoms with Gasteiger partial charge in [0, 0.05) is 17.5 Å². The van der Waals surface area contributed by atoms with Crippen LogP contribution in [0.4, 0.5) is 110 Å². The van der Waals surface area contributed by atoms with Crippen LogP contribution >= 0.6 is 0 Å². The predicted molar refractivity (Wildman–Crippen MR) is 279 cm³/mol. The highest BCUT2D eigenvalue weighted by molar-refractivity contribution is 5.81. The van der Waals surface area contributed by atoms with Crippen LogP contribution in [0.1, 0.15) is 129 Å². The van der Waals surface area contributed by atoms with Crippen molar-refractivity contribution in [2.24, 2.45) is 0 Å². The van der Waals surface area contributed by atoms with Crippen molar-refractivity contribution in [2.45, 2.75) is 212 Å². The van der Waals surface area contributed by atoms with E-state index in [0.29, 0.717) is 28.7 Å². The summed E-state index contributed by atoms with van der Waals surface area (Å²) in [4.78, 5) is 0. The lowest BCUT2D eigenvalue weighted by molar-refractivity contribution is -0.482. The standard InChI is InChI=1S/C58H69F25O8/c1-2-3-4-5-6-7-8-9-10-11-12-13-15-18-29-88-45-31-44(38-22-26-42(27-23-38)91-36-40(87)34-85)46(32-43(45)37-20-24-41(25-21-37)90-35-39(86)33-84)89-30-19-16-14-17-28-47(59,60)48(61,62)49(63,64)50(65,66)51(67,68)52(69,70)53(71,72)54(73,74)55(75,76)56(77,78)57(79,80)58(81,82)83/h20-27,31-32,39-40,84-87H,2-19,28-30,33-36H2,1H3. The molecule has 8 nitrogen and oxygen atoms in total. The van der Waals surface area contributed by atoms with Gasteiger partial charge in [0.25, 0.3) is 0 Å². The van der Waals surface area contributed by atoms with Crippen LogP contribution in [0.5, 0.6) is 23.0 Å². The first-order valence-electron chi connectivity index (χ1n) is 28.6. The summed E-state index contributed by atoms with van der Waals surface area (Å²) in [6.45, 7) is 0.0895. The van der Waals surface area contributed by atoms with E-state index in [4.69, 9.17) is 18.9 Å². The molecule has 0 aliphatic heterocycles. The molecule has 0 bridgehead atoms. The van der Waals surface area contributed by atoms with Gasteiger partial charge in [0.05, 0.1) is 26.4 Å². The summed E-state index contributed by atoms with van der Waals surface area (Å²) in [5.74, 6) is -98.0. The molecule has 3 rings (SSSR count). The van der Waals surface area contributed by atoms with E-state index in [1.54, 1.807) is 18.2 Å². The quantitative estimate of drug-likeness (QED) is 0.0327. The average Bonchev–Trinajstić information content (AvgIpc) is 0.688. The molecule has 91 heavy (non-hydrogen) atoms. The molecular formula is C58H69F25O8. The molecule has 0 saturated carbocycles. The number of benzene rings is 3. The second-order valence-electron chi connectivity index (χ2n) is 21.6. The summed E-state index contributed by atoms with van der Waals surface area (Å²) in [7, 11) is 0. The first kappa shape index (κ1) is 80.2. The van der Waals surface area contributed by atoms with Crippen LogP contribution < -0.4 is 18.9 Å². The lowest BCUT2D eigenvalue weighted by Gasteiger charge is -2.45. The van der Waals surface area contributed by atoms with E-state index in [2.05, 4.69) is 6.92 Å². The molecule has 0 amide bonds. The van der Waals surface area contributed by atoms with Gasteiger partial charge in [0.1, 0.15) is 48.4 Å². The van der Waals surface area contributed by atoms with Crippen molar-refractivity contribution in [3.8, 4) is 45.3 Å². The molecular weight excluding hydrogens is 1300 g/mol. The van der Waals surface area contributed by atoms with Crippen LogP contribution in [0.3, 0.4) is 0 Å². The Balaban J connectivity index is 1.87. The monoisotopic (exact) mass is 1370 g/mol. The first-order chi connectivity index (χ1) is 41.9. The Kier molecular flexibility index (Phi) is 28.5. The zero-order chi connectivity index (χ0) is 69.4. The third kappa shape index (κ3) is 18.1. The summed E-state index contributed by atoms with van der Waals surface area (Å²) in [5.41, 5.74) is 1.55. The highest BCUT2D eigenvalue weighted by atomic mass is 19.4. The molecule has 0 spiro atoms. The molecule has 0 saturated heterocycles. The molecule has 524 valence electrons. The Labute approximate surface area is 506 Å². The third-order valence-electron chi connectivity index (χ3n) is 14.5. The lowest BCUT2D eigenvalue weighted by Crippen LogP contribution is -2.78. The Bertz CT molecular complexity index is 2640. The van der Waals surface area contributed by atoms with E-state index in [-0.39, 0.29) is 49.2 Å². The zero-order valence-electron chi connectivity index (χ0n) is 48.5. The number of alkyl halides is 25. The summed E-state index contributed by atoms with van der Waals surface area (Å²) in [6.07, 6.45) is -1.45. The highest BCUT2D eigenvalue weighted by Gasteiger charge is 2.99. The Morgan fingerprint density at radius 2 is 0.593 bits per heavy atom. The molecule has 3 aromatic carbocycles. The van der Waals surface area contributed by atoms with Crippen molar-refractivity contribution in [3.05, 3.63) is 60.7 Å². The summed E-state index contributed by atoms with van der Waals surface area (Å²) in [5, 5.41) is 37.9. The minimum Gasteiger partial charge on any atom is -0.493 e. The van der Waals surface area contributed by atoms with E-state index in [9.17, 15) is 130 Å². The molecule has 4 N–H and O–H groups in total. The predicted octanol–water partition coefficient (Wildman–Crippen LogP) is 18.2. The summed E-state index contributed by atoms with van der Waals surface area (Å²) >= 11 is 0. The number of aliphatic hydroxyl groups is 4.